The largest absolute Gasteiger partial charge is 0.308 e. The van der Waals surface area contributed by atoms with Gasteiger partial charge in [0, 0.05) is 23.5 Å². The number of benzene rings is 2. The second kappa shape index (κ2) is 6.28. The molecular weight excluding hydrogens is 324 g/mol. The van der Waals surface area contributed by atoms with Gasteiger partial charge in [-0.1, -0.05) is 31.2 Å². The van der Waals surface area contributed by atoms with Crippen LogP contribution in [0.5, 0.6) is 0 Å². The molecule has 1 heterocycles. The maximum Gasteiger partial charge on any atom is 0.258 e. The maximum atomic E-state index is 12.9. The molecule has 0 spiro atoms. The third-order valence-corrected chi connectivity index (χ3v) is 4.81. The molecule has 0 bridgehead atoms. The third-order valence-electron chi connectivity index (χ3n) is 4.20. The van der Waals surface area contributed by atoms with Crippen molar-refractivity contribution in [3.8, 4) is 0 Å². The van der Waals surface area contributed by atoms with E-state index in [0.29, 0.717) is 23.7 Å². The number of para-hydroxylation sites is 1. The molecule has 2 aromatic carbocycles. The lowest BCUT2D eigenvalue weighted by atomic mass is 9.91. The summed E-state index contributed by atoms with van der Waals surface area (Å²) >= 11 is 0. The highest BCUT2D eigenvalue weighted by Gasteiger charge is 2.26. The van der Waals surface area contributed by atoms with Crippen LogP contribution in [0.3, 0.4) is 0 Å². The molecule has 6 heteroatoms. The Morgan fingerprint density at radius 3 is 2.67 bits per heavy atom. The number of fused-ring (bicyclic) bond motifs is 1. The molecule has 5 nitrogen and oxygen atoms in total. The van der Waals surface area contributed by atoms with Crippen molar-refractivity contribution in [2.75, 3.05) is 22.4 Å². The summed E-state index contributed by atoms with van der Waals surface area (Å²) in [6, 6.07) is 14.5. The van der Waals surface area contributed by atoms with Gasteiger partial charge >= 0.3 is 0 Å². The minimum Gasteiger partial charge on any atom is -0.308 e. The third kappa shape index (κ3) is 3.43. The number of carbonyl (C=O) groups is 1. The lowest BCUT2D eigenvalue weighted by Gasteiger charge is -2.33. The van der Waals surface area contributed by atoms with Crippen molar-refractivity contribution >= 4 is 27.3 Å². The van der Waals surface area contributed by atoms with Crippen molar-refractivity contribution < 1.29 is 13.2 Å². The van der Waals surface area contributed by atoms with E-state index >= 15 is 0 Å². The fourth-order valence-corrected chi connectivity index (χ4v) is 3.60. The molecular formula is C18H20N2O3S. The monoisotopic (exact) mass is 344 g/mol. The van der Waals surface area contributed by atoms with Gasteiger partial charge in [0.25, 0.3) is 5.91 Å². The van der Waals surface area contributed by atoms with Crippen LogP contribution in [0.15, 0.2) is 48.5 Å². The lowest BCUT2D eigenvalue weighted by Crippen LogP contribution is -2.36. The molecule has 0 aliphatic carbocycles. The molecule has 1 amide bonds. The first-order valence-electron chi connectivity index (χ1n) is 7.84. The quantitative estimate of drug-likeness (QED) is 0.930. The fraction of sp³-hybridized carbons (Fsp3) is 0.278. The first-order valence-corrected chi connectivity index (χ1v) is 9.73. The molecule has 1 atom stereocenters. The number of hydrogen-bond acceptors (Lipinski definition) is 3. The average molecular weight is 344 g/mol. The summed E-state index contributed by atoms with van der Waals surface area (Å²) in [5.74, 6) is 0.301. The minimum absolute atomic E-state index is 0.119. The van der Waals surface area contributed by atoms with E-state index in [4.69, 9.17) is 0 Å². The van der Waals surface area contributed by atoms with Crippen LogP contribution in [0.25, 0.3) is 0 Å². The molecule has 0 unspecified atom stereocenters. The highest BCUT2D eigenvalue weighted by atomic mass is 32.2. The maximum absolute atomic E-state index is 12.9. The molecule has 1 N–H and O–H groups in total. The van der Waals surface area contributed by atoms with Gasteiger partial charge in [-0.2, -0.15) is 0 Å². The van der Waals surface area contributed by atoms with Crippen LogP contribution < -0.4 is 9.62 Å². The van der Waals surface area contributed by atoms with Crippen molar-refractivity contribution in [1.82, 2.24) is 0 Å². The minimum atomic E-state index is -3.38. The zero-order valence-electron chi connectivity index (χ0n) is 13.7. The number of carbonyl (C=O) groups excluding carboxylic acids is 1. The van der Waals surface area contributed by atoms with Gasteiger partial charge in [-0.25, -0.2) is 8.42 Å². The van der Waals surface area contributed by atoms with Crippen LogP contribution in [0.4, 0.5) is 11.4 Å². The summed E-state index contributed by atoms with van der Waals surface area (Å²) in [5.41, 5.74) is 2.96. The fourth-order valence-electron chi connectivity index (χ4n) is 3.05. The van der Waals surface area contributed by atoms with Crippen LogP contribution in [0.2, 0.25) is 0 Å². The molecule has 3 rings (SSSR count). The highest BCUT2D eigenvalue weighted by Crippen LogP contribution is 2.35. The van der Waals surface area contributed by atoms with Gasteiger partial charge in [0.2, 0.25) is 10.0 Å². The van der Waals surface area contributed by atoms with E-state index in [1.807, 2.05) is 18.2 Å². The van der Waals surface area contributed by atoms with Crippen molar-refractivity contribution in [2.45, 2.75) is 19.3 Å². The first kappa shape index (κ1) is 16.5. The molecule has 24 heavy (non-hydrogen) atoms. The Hall–Kier alpha value is -2.34. The Kier molecular flexibility index (Phi) is 4.32. The Labute approximate surface area is 142 Å². The van der Waals surface area contributed by atoms with E-state index in [1.54, 1.807) is 29.2 Å². The molecule has 0 radical (unpaired) electrons. The lowest BCUT2D eigenvalue weighted by molar-refractivity contribution is 0.0984. The van der Waals surface area contributed by atoms with Gasteiger partial charge in [0.15, 0.2) is 0 Å². The number of anilines is 2. The SMILES string of the molecule is C[C@H]1CCN(C(=O)c2cccc(NS(C)(=O)=O)c2)c2ccccc21. The molecule has 0 saturated heterocycles. The Balaban J connectivity index is 1.93. The number of hydrogen-bond donors (Lipinski definition) is 1. The summed E-state index contributed by atoms with van der Waals surface area (Å²) in [6.45, 7) is 2.82. The van der Waals surface area contributed by atoms with E-state index in [-0.39, 0.29) is 5.91 Å². The molecule has 2 aromatic rings. The standard InChI is InChI=1S/C18H20N2O3S/c1-13-10-11-20(17-9-4-3-8-16(13)17)18(21)14-6-5-7-15(12-14)19-24(2,22)23/h3-9,12-13,19H,10-11H2,1-2H3/t13-/m0/s1. The van der Waals surface area contributed by atoms with Crippen molar-refractivity contribution in [2.24, 2.45) is 0 Å². The summed E-state index contributed by atoms with van der Waals surface area (Å²) in [5, 5.41) is 0. The molecule has 1 aliphatic heterocycles. The molecule has 0 aromatic heterocycles. The summed E-state index contributed by atoms with van der Waals surface area (Å²) in [4.78, 5) is 14.7. The van der Waals surface area contributed by atoms with Gasteiger partial charge in [-0.3, -0.25) is 9.52 Å². The Bertz CT molecular complexity index is 877. The van der Waals surface area contributed by atoms with Crippen LogP contribution in [0, 0.1) is 0 Å². The second-order valence-electron chi connectivity index (χ2n) is 6.16. The van der Waals surface area contributed by atoms with Gasteiger partial charge in [0.05, 0.1) is 6.26 Å². The number of rotatable bonds is 3. The molecule has 126 valence electrons. The normalized spacial score (nSPS) is 17.2. The van der Waals surface area contributed by atoms with Crippen molar-refractivity contribution in [3.63, 3.8) is 0 Å². The zero-order valence-corrected chi connectivity index (χ0v) is 14.5. The van der Waals surface area contributed by atoms with Gasteiger partial charge < -0.3 is 4.90 Å². The van der Waals surface area contributed by atoms with Gasteiger partial charge in [-0.15, -0.1) is 0 Å². The Morgan fingerprint density at radius 1 is 1.17 bits per heavy atom. The average Bonchev–Trinajstić information content (AvgIpc) is 2.53. The van der Waals surface area contributed by atoms with Crippen LogP contribution in [-0.4, -0.2) is 27.1 Å². The number of nitrogens with zero attached hydrogens (tertiary/aromatic N) is 1. The zero-order chi connectivity index (χ0) is 17.3. The second-order valence-corrected chi connectivity index (χ2v) is 7.91. The van der Waals surface area contributed by atoms with Crippen LogP contribution in [-0.2, 0) is 10.0 Å². The van der Waals surface area contributed by atoms with E-state index in [2.05, 4.69) is 17.7 Å². The predicted octanol–water partition coefficient (Wildman–Crippen LogP) is 3.21. The van der Waals surface area contributed by atoms with E-state index in [1.165, 1.54) is 5.56 Å². The smallest absolute Gasteiger partial charge is 0.258 e. The highest BCUT2D eigenvalue weighted by molar-refractivity contribution is 7.92. The molecule has 0 fully saturated rings. The molecule has 0 saturated carbocycles. The van der Waals surface area contributed by atoms with Crippen LogP contribution in [0.1, 0.15) is 35.2 Å². The number of amides is 1. The van der Waals surface area contributed by atoms with Crippen molar-refractivity contribution in [1.29, 1.82) is 0 Å². The Morgan fingerprint density at radius 2 is 1.92 bits per heavy atom. The predicted molar refractivity (Wildman–Crippen MR) is 96.1 cm³/mol. The van der Waals surface area contributed by atoms with Crippen molar-refractivity contribution in [3.05, 3.63) is 59.7 Å². The van der Waals surface area contributed by atoms with Crippen LogP contribution >= 0.6 is 0 Å². The topological polar surface area (TPSA) is 66.5 Å². The first-order chi connectivity index (χ1) is 11.3. The summed E-state index contributed by atoms with van der Waals surface area (Å²) < 4.78 is 25.2. The van der Waals surface area contributed by atoms with E-state index in [0.717, 1.165) is 18.4 Å². The van der Waals surface area contributed by atoms with E-state index < -0.39 is 10.0 Å². The number of nitrogens with one attached hydrogen (secondary N) is 1. The van der Waals surface area contributed by atoms with Gasteiger partial charge in [0.1, 0.15) is 0 Å². The summed E-state index contributed by atoms with van der Waals surface area (Å²) in [7, 11) is -3.38. The van der Waals surface area contributed by atoms with E-state index in [9.17, 15) is 13.2 Å². The summed E-state index contributed by atoms with van der Waals surface area (Å²) in [6.07, 6.45) is 1.99. The molecule has 1 aliphatic rings. The van der Waals surface area contributed by atoms with Gasteiger partial charge in [-0.05, 0) is 42.2 Å². The number of sulfonamides is 1.